The molecule has 2 aromatic carbocycles. The lowest BCUT2D eigenvalue weighted by Gasteiger charge is -2.13. The van der Waals surface area contributed by atoms with E-state index >= 15 is 0 Å². The molecule has 0 aliphatic rings. The minimum Gasteiger partial charge on any atom is -0.489 e. The molecule has 2 rings (SSSR count). The zero-order valence-corrected chi connectivity index (χ0v) is 15.2. The summed E-state index contributed by atoms with van der Waals surface area (Å²) in [6.07, 6.45) is -0.0381. The number of anilines is 1. The average Bonchev–Trinajstić information content (AvgIpc) is 2.49. The van der Waals surface area contributed by atoms with Gasteiger partial charge in [0.25, 0.3) is 0 Å². The van der Waals surface area contributed by atoms with Crippen LogP contribution < -0.4 is 15.8 Å². The quantitative estimate of drug-likeness (QED) is 0.447. The fourth-order valence-corrected chi connectivity index (χ4v) is 1.82. The van der Waals surface area contributed by atoms with Crippen LogP contribution in [0, 0.1) is 6.92 Å². The predicted octanol–water partition coefficient (Wildman–Crippen LogP) is 3.81. The molecule has 0 amide bonds. The number of para-hydroxylation sites is 1. The summed E-state index contributed by atoms with van der Waals surface area (Å²) in [7, 11) is 0. The third kappa shape index (κ3) is 6.34. The molecule has 3 N–H and O–H groups in total. The van der Waals surface area contributed by atoms with Gasteiger partial charge in [-0.2, -0.15) is 0 Å². The van der Waals surface area contributed by atoms with E-state index in [4.69, 9.17) is 10.5 Å². The number of ether oxygens (including phenoxy) is 1. The molecule has 0 radical (unpaired) electrons. The van der Waals surface area contributed by atoms with Crippen LogP contribution in [0.2, 0.25) is 0 Å². The number of aliphatic imine (C=N–C) groups is 1. The van der Waals surface area contributed by atoms with Gasteiger partial charge in [-0.25, -0.2) is 4.99 Å². The normalized spacial score (nSPS) is 12.2. The molecule has 0 spiro atoms. The van der Waals surface area contributed by atoms with Crippen LogP contribution in [0.25, 0.3) is 0 Å². The number of hydrogen-bond acceptors (Lipinski definition) is 2. The third-order valence-electron chi connectivity index (χ3n) is 2.92. The highest BCUT2D eigenvalue weighted by atomic mass is 127. The molecule has 0 aromatic heterocycles. The molecule has 0 bridgehead atoms. The second kappa shape index (κ2) is 9.30. The number of nitrogens with two attached hydrogens (primary N) is 1. The Morgan fingerprint density at radius 1 is 1.14 bits per heavy atom. The Labute approximate surface area is 148 Å². The van der Waals surface area contributed by atoms with Crippen LogP contribution in [0.5, 0.6) is 5.75 Å². The van der Waals surface area contributed by atoms with Crippen molar-refractivity contribution in [1.82, 2.24) is 0 Å². The molecule has 2 aromatic rings. The Morgan fingerprint density at radius 2 is 1.77 bits per heavy atom. The van der Waals surface area contributed by atoms with Gasteiger partial charge >= 0.3 is 0 Å². The minimum atomic E-state index is -0.0381. The number of nitrogens with one attached hydrogen (secondary N) is 1. The molecule has 4 nitrogen and oxygen atoms in total. The second-order valence-electron chi connectivity index (χ2n) is 4.96. The average molecular weight is 411 g/mol. The number of nitrogens with zero attached hydrogens (tertiary/aromatic N) is 1. The van der Waals surface area contributed by atoms with Crippen molar-refractivity contribution >= 4 is 35.6 Å². The molecule has 1 atom stereocenters. The third-order valence-corrected chi connectivity index (χ3v) is 2.92. The van der Waals surface area contributed by atoms with Crippen LogP contribution >= 0.6 is 24.0 Å². The van der Waals surface area contributed by atoms with Gasteiger partial charge in [0.2, 0.25) is 0 Å². The Bertz CT molecular complexity index is 585. The molecule has 5 heteroatoms. The Balaban J connectivity index is 0.00000242. The van der Waals surface area contributed by atoms with E-state index in [1.165, 1.54) is 5.56 Å². The SMILES string of the molecule is Cc1ccc(OC(C)CN=C(N)Nc2ccccc2)cc1.I. The Morgan fingerprint density at radius 3 is 2.41 bits per heavy atom. The number of aryl methyl sites for hydroxylation is 1. The van der Waals surface area contributed by atoms with Crippen molar-refractivity contribution in [1.29, 1.82) is 0 Å². The molecule has 0 heterocycles. The molecular formula is C17H22IN3O. The molecule has 0 saturated carbocycles. The van der Waals surface area contributed by atoms with Crippen LogP contribution in [0.4, 0.5) is 5.69 Å². The molecule has 1 unspecified atom stereocenters. The number of guanidine groups is 1. The van der Waals surface area contributed by atoms with Crippen molar-refractivity contribution in [2.24, 2.45) is 10.7 Å². The first kappa shape index (κ1) is 18.3. The summed E-state index contributed by atoms with van der Waals surface area (Å²) in [6.45, 7) is 4.52. The zero-order chi connectivity index (χ0) is 15.1. The molecule has 0 fully saturated rings. The van der Waals surface area contributed by atoms with Gasteiger partial charge in [0.15, 0.2) is 5.96 Å². The number of hydrogen-bond donors (Lipinski definition) is 2. The number of benzene rings is 2. The fraction of sp³-hybridized carbons (Fsp3) is 0.235. The van der Waals surface area contributed by atoms with Crippen LogP contribution in [0.1, 0.15) is 12.5 Å². The lowest BCUT2D eigenvalue weighted by Crippen LogP contribution is -2.25. The van der Waals surface area contributed by atoms with Gasteiger partial charge in [-0.3, -0.25) is 0 Å². The molecule has 0 aliphatic heterocycles. The first-order valence-corrected chi connectivity index (χ1v) is 6.99. The lowest BCUT2D eigenvalue weighted by molar-refractivity contribution is 0.230. The van der Waals surface area contributed by atoms with Gasteiger partial charge in [0, 0.05) is 5.69 Å². The zero-order valence-electron chi connectivity index (χ0n) is 12.8. The summed E-state index contributed by atoms with van der Waals surface area (Å²) in [5, 5.41) is 3.04. The summed E-state index contributed by atoms with van der Waals surface area (Å²) in [6, 6.07) is 17.7. The molecule has 22 heavy (non-hydrogen) atoms. The van der Waals surface area contributed by atoms with Crippen LogP contribution in [0.15, 0.2) is 59.6 Å². The van der Waals surface area contributed by atoms with Gasteiger partial charge in [-0.15, -0.1) is 24.0 Å². The van der Waals surface area contributed by atoms with Crippen molar-refractivity contribution in [2.75, 3.05) is 11.9 Å². The van der Waals surface area contributed by atoms with E-state index in [0.29, 0.717) is 12.5 Å². The number of halogens is 1. The van der Waals surface area contributed by atoms with E-state index in [9.17, 15) is 0 Å². The summed E-state index contributed by atoms with van der Waals surface area (Å²) < 4.78 is 5.78. The summed E-state index contributed by atoms with van der Waals surface area (Å²) in [5.41, 5.74) is 7.99. The van der Waals surface area contributed by atoms with Crippen molar-refractivity contribution in [3.63, 3.8) is 0 Å². The lowest BCUT2D eigenvalue weighted by atomic mass is 10.2. The van der Waals surface area contributed by atoms with Crippen molar-refractivity contribution < 1.29 is 4.74 Å². The first-order valence-electron chi connectivity index (χ1n) is 6.99. The van der Waals surface area contributed by atoms with Crippen molar-refractivity contribution in [3.05, 3.63) is 60.2 Å². The smallest absolute Gasteiger partial charge is 0.193 e. The van der Waals surface area contributed by atoms with Gasteiger partial charge < -0.3 is 15.8 Å². The van der Waals surface area contributed by atoms with E-state index in [0.717, 1.165) is 11.4 Å². The Hall–Kier alpha value is -1.76. The van der Waals surface area contributed by atoms with E-state index in [1.807, 2.05) is 68.4 Å². The maximum absolute atomic E-state index is 5.85. The summed E-state index contributed by atoms with van der Waals surface area (Å²) in [4.78, 5) is 4.29. The minimum absolute atomic E-state index is 0. The molecule has 0 saturated heterocycles. The van der Waals surface area contributed by atoms with Gasteiger partial charge in [0.05, 0.1) is 6.54 Å². The molecular weight excluding hydrogens is 389 g/mol. The highest BCUT2D eigenvalue weighted by Gasteiger charge is 2.03. The summed E-state index contributed by atoms with van der Waals surface area (Å²) in [5.74, 6) is 1.23. The fourth-order valence-electron chi connectivity index (χ4n) is 1.82. The van der Waals surface area contributed by atoms with E-state index in [2.05, 4.69) is 10.3 Å². The molecule has 118 valence electrons. The van der Waals surface area contributed by atoms with E-state index in [-0.39, 0.29) is 30.1 Å². The van der Waals surface area contributed by atoms with Crippen molar-refractivity contribution in [3.8, 4) is 5.75 Å². The highest BCUT2D eigenvalue weighted by molar-refractivity contribution is 14.0. The van der Waals surface area contributed by atoms with Gasteiger partial charge in [0.1, 0.15) is 11.9 Å². The van der Waals surface area contributed by atoms with Gasteiger partial charge in [-0.05, 0) is 38.1 Å². The topological polar surface area (TPSA) is 59.6 Å². The number of rotatable bonds is 5. The summed E-state index contributed by atoms with van der Waals surface area (Å²) >= 11 is 0. The monoisotopic (exact) mass is 411 g/mol. The standard InChI is InChI=1S/C17H21N3O.HI/c1-13-8-10-16(11-9-13)21-14(2)12-19-17(18)20-15-6-4-3-5-7-15;/h3-11,14H,12H2,1-2H3,(H3,18,19,20);1H. The van der Waals surface area contributed by atoms with E-state index in [1.54, 1.807) is 0 Å². The van der Waals surface area contributed by atoms with Crippen LogP contribution in [0.3, 0.4) is 0 Å². The predicted molar refractivity (Wildman–Crippen MR) is 103 cm³/mol. The highest BCUT2D eigenvalue weighted by Crippen LogP contribution is 2.13. The van der Waals surface area contributed by atoms with E-state index < -0.39 is 0 Å². The van der Waals surface area contributed by atoms with Crippen LogP contribution in [-0.2, 0) is 0 Å². The largest absolute Gasteiger partial charge is 0.489 e. The van der Waals surface area contributed by atoms with Crippen molar-refractivity contribution in [2.45, 2.75) is 20.0 Å². The maximum Gasteiger partial charge on any atom is 0.193 e. The second-order valence-corrected chi connectivity index (χ2v) is 4.96. The first-order chi connectivity index (χ1) is 10.1. The Kier molecular flexibility index (Phi) is 7.73. The molecule has 0 aliphatic carbocycles. The maximum atomic E-state index is 5.85. The van der Waals surface area contributed by atoms with Crippen LogP contribution in [-0.4, -0.2) is 18.6 Å². The van der Waals surface area contributed by atoms with Gasteiger partial charge in [-0.1, -0.05) is 35.9 Å².